The van der Waals surface area contributed by atoms with Crippen LogP contribution in [0.5, 0.6) is 11.5 Å². The van der Waals surface area contributed by atoms with E-state index in [9.17, 15) is 9.59 Å². The van der Waals surface area contributed by atoms with Gasteiger partial charge in [-0.2, -0.15) is 0 Å². The van der Waals surface area contributed by atoms with Crippen molar-refractivity contribution >= 4 is 17.4 Å². The molecule has 5 aliphatic carbocycles. The molecule has 3 heterocycles. The first-order valence-electron chi connectivity index (χ1n) is 16.2. The number of carbonyl (C=O) groups is 2. The fraction of sp³-hybridized carbons (Fsp3) is 0.432. The average molecular weight is 604 g/mol. The van der Waals surface area contributed by atoms with Gasteiger partial charge in [-0.25, -0.2) is 0 Å². The van der Waals surface area contributed by atoms with E-state index in [1.807, 2.05) is 18.2 Å². The number of hydrogen-bond acceptors (Lipinski definition) is 7. The van der Waals surface area contributed by atoms with Crippen molar-refractivity contribution in [2.24, 2.45) is 17.3 Å². The highest BCUT2D eigenvalue weighted by atomic mass is 16.6. The number of anilines is 1. The van der Waals surface area contributed by atoms with Crippen LogP contribution in [0.3, 0.4) is 0 Å². The summed E-state index contributed by atoms with van der Waals surface area (Å²) in [7, 11) is 3.43. The van der Waals surface area contributed by atoms with E-state index in [0.29, 0.717) is 23.2 Å². The fourth-order valence-corrected chi connectivity index (χ4v) is 9.85. The molecule has 1 aromatic heterocycles. The van der Waals surface area contributed by atoms with E-state index in [1.54, 1.807) is 50.9 Å². The lowest BCUT2D eigenvalue weighted by molar-refractivity contribution is -0.206. The summed E-state index contributed by atoms with van der Waals surface area (Å²) in [6.07, 6.45) is 12.7. The summed E-state index contributed by atoms with van der Waals surface area (Å²) in [6.45, 7) is 2.15. The first kappa shape index (κ1) is 27.3. The van der Waals surface area contributed by atoms with Crippen LogP contribution < -0.4 is 14.8 Å². The maximum absolute atomic E-state index is 14.7. The Morgan fingerprint density at radius 2 is 1.82 bits per heavy atom. The fourth-order valence-electron chi connectivity index (χ4n) is 9.85. The minimum Gasteiger partial charge on any atom is -0.493 e. The van der Waals surface area contributed by atoms with E-state index >= 15 is 0 Å². The molecule has 45 heavy (non-hydrogen) atoms. The van der Waals surface area contributed by atoms with Gasteiger partial charge in [-0.15, -0.1) is 0 Å². The number of ether oxygens (including phenoxy) is 3. The number of aromatic nitrogens is 1. The molecule has 4 bridgehead atoms. The molecule has 1 saturated heterocycles. The molecule has 2 saturated carbocycles. The predicted octanol–water partition coefficient (Wildman–Crippen LogP) is 5.23. The predicted molar refractivity (Wildman–Crippen MR) is 168 cm³/mol. The van der Waals surface area contributed by atoms with E-state index in [4.69, 9.17) is 14.2 Å². The lowest BCUT2D eigenvalue weighted by Gasteiger charge is -2.71. The van der Waals surface area contributed by atoms with Crippen LogP contribution in [0.2, 0.25) is 0 Å². The molecule has 8 nitrogen and oxygen atoms in total. The zero-order valence-corrected chi connectivity index (χ0v) is 25.6. The molecule has 3 fully saturated rings. The summed E-state index contributed by atoms with van der Waals surface area (Å²) in [6, 6.07) is 15.2. The number of Topliss-reactive ketones (excluding diaryl/α,β-unsaturated/α-hetero) is 1. The van der Waals surface area contributed by atoms with Gasteiger partial charge in [-0.05, 0) is 92.6 Å². The van der Waals surface area contributed by atoms with Crippen LogP contribution >= 0.6 is 0 Å². The highest BCUT2D eigenvalue weighted by Gasteiger charge is 2.80. The van der Waals surface area contributed by atoms with Gasteiger partial charge in [0.05, 0.1) is 18.4 Å². The summed E-state index contributed by atoms with van der Waals surface area (Å²) in [5, 5.41) is 2.92. The van der Waals surface area contributed by atoms with E-state index in [1.165, 1.54) is 24.0 Å². The normalized spacial score (nSPS) is 33.3. The first-order valence-corrected chi connectivity index (χ1v) is 16.2. The lowest BCUT2D eigenvalue weighted by atomic mass is 9.36. The monoisotopic (exact) mass is 603 g/mol. The van der Waals surface area contributed by atoms with Gasteiger partial charge in [0.1, 0.15) is 11.7 Å². The average Bonchev–Trinajstić information content (AvgIpc) is 3.83. The molecule has 2 aromatic carbocycles. The van der Waals surface area contributed by atoms with Crippen molar-refractivity contribution in [1.29, 1.82) is 0 Å². The number of hydrogen-bond donors (Lipinski definition) is 1. The van der Waals surface area contributed by atoms with Crippen LogP contribution in [0.25, 0.3) is 0 Å². The van der Waals surface area contributed by atoms with Crippen LogP contribution in [0, 0.1) is 17.3 Å². The third-order valence-corrected chi connectivity index (χ3v) is 12.0. The second-order valence-electron chi connectivity index (χ2n) is 13.8. The Balaban J connectivity index is 1.11. The summed E-state index contributed by atoms with van der Waals surface area (Å²) < 4.78 is 19.4. The van der Waals surface area contributed by atoms with Gasteiger partial charge >= 0.3 is 0 Å². The molecule has 2 aliphatic heterocycles. The van der Waals surface area contributed by atoms with Crippen LogP contribution in [0.15, 0.2) is 73.1 Å². The van der Waals surface area contributed by atoms with Crippen molar-refractivity contribution in [3.05, 3.63) is 95.3 Å². The second-order valence-corrected chi connectivity index (χ2v) is 13.8. The first-order chi connectivity index (χ1) is 21.9. The number of fused-ring (bicyclic) bond motifs is 1. The smallest absolute Gasteiger partial charge is 0.255 e. The largest absolute Gasteiger partial charge is 0.493 e. The Bertz CT molecular complexity index is 1750. The zero-order chi connectivity index (χ0) is 30.6. The number of amides is 1. The van der Waals surface area contributed by atoms with Gasteiger partial charge in [-0.3, -0.25) is 19.5 Å². The van der Waals surface area contributed by atoms with Gasteiger partial charge in [0.2, 0.25) is 0 Å². The van der Waals surface area contributed by atoms with Gasteiger partial charge in [-0.1, -0.05) is 18.2 Å². The third-order valence-electron chi connectivity index (χ3n) is 12.0. The molecule has 0 radical (unpaired) electrons. The number of likely N-dealkylation sites (tertiary alicyclic amines) is 1. The third kappa shape index (κ3) is 3.52. The van der Waals surface area contributed by atoms with Gasteiger partial charge in [0.15, 0.2) is 17.3 Å². The highest BCUT2D eigenvalue weighted by Crippen LogP contribution is 2.75. The molecule has 2 spiro atoms. The molecule has 6 atom stereocenters. The van der Waals surface area contributed by atoms with Crippen molar-refractivity contribution in [3.8, 4) is 11.5 Å². The topological polar surface area (TPSA) is 90.0 Å². The van der Waals surface area contributed by atoms with Crippen molar-refractivity contribution in [2.45, 2.75) is 55.3 Å². The number of piperidine rings is 1. The molecule has 3 aromatic rings. The second kappa shape index (κ2) is 9.50. The molecule has 7 aliphatic rings. The van der Waals surface area contributed by atoms with Crippen molar-refractivity contribution < 1.29 is 23.8 Å². The molecular formula is C37H37N3O5. The molecule has 8 heteroatoms. The molecule has 1 N–H and O–H groups in total. The van der Waals surface area contributed by atoms with Crippen molar-refractivity contribution in [3.63, 3.8) is 0 Å². The summed E-state index contributed by atoms with van der Waals surface area (Å²) in [4.78, 5) is 34.1. The number of rotatable bonds is 8. The SMILES string of the molecule is COc1ccc2c3c1O[C@H]1[C@@]4(OC)C=C[C@@]5(C[C@@H]4C(=O)c4ccc(NC(=O)c6ccncc6)cc4)[C@@H](C2)N(CC2CC2)CC[C@]315. The zero-order valence-electron chi connectivity index (χ0n) is 25.6. The summed E-state index contributed by atoms with van der Waals surface area (Å²) in [5.74, 6) is 1.78. The number of pyridine rings is 1. The maximum atomic E-state index is 14.7. The number of carbonyl (C=O) groups excluding carboxylic acids is 2. The Morgan fingerprint density at radius 1 is 1.02 bits per heavy atom. The number of nitrogens with zero attached hydrogens (tertiary/aromatic N) is 2. The number of nitrogens with one attached hydrogen (secondary N) is 1. The quantitative estimate of drug-likeness (QED) is 0.279. The molecule has 230 valence electrons. The maximum Gasteiger partial charge on any atom is 0.255 e. The molecular weight excluding hydrogens is 566 g/mol. The Morgan fingerprint density at radius 3 is 2.56 bits per heavy atom. The van der Waals surface area contributed by atoms with E-state index < -0.39 is 11.5 Å². The highest BCUT2D eigenvalue weighted by molar-refractivity contribution is 6.05. The number of methoxy groups -OCH3 is 2. The molecule has 0 unspecified atom stereocenters. The van der Waals surface area contributed by atoms with E-state index in [2.05, 4.69) is 33.4 Å². The standard InChI is InChI=1S/C37H37N3O5/c1-43-28-10-7-25-19-29-35-13-14-37(44-2,34-36(35,30(25)32(28)45-34)15-18-40(29)21-22-3-4-22)27(20-35)31(41)23-5-8-26(9-6-23)39-33(42)24-11-16-38-17-12-24/h5-14,16-17,22,27,29,34H,3-4,15,18-21H2,1-2H3,(H,39,42)/t27-,29-,34-,35-,36+,37-/m1/s1. The van der Waals surface area contributed by atoms with Crippen LogP contribution in [0.4, 0.5) is 5.69 Å². The Kier molecular flexibility index (Phi) is 5.77. The van der Waals surface area contributed by atoms with Crippen molar-refractivity contribution in [2.75, 3.05) is 32.6 Å². The molecule has 1 amide bonds. The van der Waals surface area contributed by atoms with Gasteiger partial charge in [0.25, 0.3) is 5.91 Å². The van der Waals surface area contributed by atoms with E-state index in [-0.39, 0.29) is 34.7 Å². The Hall–Kier alpha value is -4.01. The van der Waals surface area contributed by atoms with Crippen LogP contribution in [-0.4, -0.2) is 66.6 Å². The Labute approximate surface area is 262 Å². The van der Waals surface area contributed by atoms with E-state index in [0.717, 1.165) is 43.3 Å². The number of ketones is 1. The van der Waals surface area contributed by atoms with Gasteiger partial charge < -0.3 is 19.5 Å². The molecule has 10 rings (SSSR count). The van der Waals surface area contributed by atoms with Crippen LogP contribution in [-0.2, 0) is 16.6 Å². The number of benzene rings is 2. The van der Waals surface area contributed by atoms with Crippen molar-refractivity contribution in [1.82, 2.24) is 9.88 Å². The minimum absolute atomic E-state index is 0.0477. The van der Waals surface area contributed by atoms with Crippen LogP contribution in [0.1, 0.15) is 57.5 Å². The summed E-state index contributed by atoms with van der Waals surface area (Å²) in [5.41, 5.74) is 2.94. The lowest BCUT2D eigenvalue weighted by Crippen LogP contribution is -2.79. The van der Waals surface area contributed by atoms with Gasteiger partial charge in [0, 0.05) is 59.9 Å². The minimum atomic E-state index is -0.922. The summed E-state index contributed by atoms with van der Waals surface area (Å²) >= 11 is 0.